The van der Waals surface area contributed by atoms with Crippen molar-refractivity contribution >= 4 is 23.3 Å². The highest BCUT2D eigenvalue weighted by Crippen LogP contribution is 2.24. The summed E-state index contributed by atoms with van der Waals surface area (Å²) < 4.78 is 0. The highest BCUT2D eigenvalue weighted by atomic mass is 32.1. The zero-order valence-corrected chi connectivity index (χ0v) is 11.9. The van der Waals surface area contributed by atoms with Crippen LogP contribution < -0.4 is 5.32 Å². The molecule has 0 aromatic carbocycles. The first-order chi connectivity index (χ1) is 8.99. The summed E-state index contributed by atoms with van der Waals surface area (Å²) in [6, 6.07) is 1.48. The standard InChI is InChI=1S/C13H18N2O3S/c1-8(12(16)17)9(2)14-13(18)15-5-3-11-10(7-15)4-6-19-11/h4,6,8-9H,3,5,7H2,1-2H3,(H,14,18)(H,16,17). The average Bonchev–Trinajstić information content (AvgIpc) is 2.84. The number of rotatable bonds is 3. The minimum atomic E-state index is -0.897. The van der Waals surface area contributed by atoms with Crippen molar-refractivity contribution in [2.75, 3.05) is 6.54 Å². The van der Waals surface area contributed by atoms with Gasteiger partial charge in [0.25, 0.3) is 0 Å². The first-order valence-corrected chi connectivity index (χ1v) is 7.20. The van der Waals surface area contributed by atoms with Crippen LogP contribution in [0.3, 0.4) is 0 Å². The molecule has 0 radical (unpaired) electrons. The zero-order chi connectivity index (χ0) is 14.0. The molecule has 1 aliphatic rings. The third kappa shape index (κ3) is 3.07. The number of carboxylic acid groups (broad SMARTS) is 1. The molecule has 2 rings (SSSR count). The maximum Gasteiger partial charge on any atom is 0.317 e. The lowest BCUT2D eigenvalue weighted by atomic mass is 10.0. The van der Waals surface area contributed by atoms with Gasteiger partial charge in [-0.25, -0.2) is 4.79 Å². The Hall–Kier alpha value is -1.56. The summed E-state index contributed by atoms with van der Waals surface area (Å²) in [5.41, 5.74) is 1.20. The van der Waals surface area contributed by atoms with Gasteiger partial charge in [0.15, 0.2) is 0 Å². The Morgan fingerprint density at radius 3 is 2.89 bits per heavy atom. The van der Waals surface area contributed by atoms with Gasteiger partial charge in [0.05, 0.1) is 5.92 Å². The summed E-state index contributed by atoms with van der Waals surface area (Å²) in [6.07, 6.45) is 0.878. The van der Waals surface area contributed by atoms with Gasteiger partial charge < -0.3 is 15.3 Å². The van der Waals surface area contributed by atoms with Gasteiger partial charge in [-0.1, -0.05) is 0 Å². The number of thiophene rings is 1. The Bertz CT molecular complexity index is 486. The highest BCUT2D eigenvalue weighted by Gasteiger charge is 2.25. The molecule has 2 amide bonds. The number of amides is 2. The number of carbonyl (C=O) groups is 2. The maximum atomic E-state index is 12.1. The summed E-state index contributed by atoms with van der Waals surface area (Å²) >= 11 is 1.73. The molecule has 6 heteroatoms. The van der Waals surface area contributed by atoms with Gasteiger partial charge in [-0.3, -0.25) is 4.79 Å². The van der Waals surface area contributed by atoms with E-state index in [9.17, 15) is 9.59 Å². The van der Waals surface area contributed by atoms with E-state index in [1.54, 1.807) is 30.1 Å². The molecule has 1 aromatic rings. The lowest BCUT2D eigenvalue weighted by Gasteiger charge is -2.29. The van der Waals surface area contributed by atoms with E-state index in [1.165, 1.54) is 10.4 Å². The molecule has 2 atom stereocenters. The van der Waals surface area contributed by atoms with Crippen LogP contribution in [0, 0.1) is 5.92 Å². The lowest BCUT2D eigenvalue weighted by Crippen LogP contribution is -2.48. The van der Waals surface area contributed by atoms with Crippen LogP contribution in [0.15, 0.2) is 11.4 Å². The zero-order valence-electron chi connectivity index (χ0n) is 11.0. The van der Waals surface area contributed by atoms with Crippen LogP contribution in [0.2, 0.25) is 0 Å². The summed E-state index contributed by atoms with van der Waals surface area (Å²) in [7, 11) is 0. The fourth-order valence-corrected chi connectivity index (χ4v) is 2.94. The molecule has 104 valence electrons. The molecule has 0 spiro atoms. The van der Waals surface area contributed by atoms with E-state index in [-0.39, 0.29) is 12.1 Å². The van der Waals surface area contributed by atoms with Crippen LogP contribution in [-0.4, -0.2) is 34.6 Å². The number of fused-ring (bicyclic) bond motifs is 1. The van der Waals surface area contributed by atoms with Crippen LogP contribution in [-0.2, 0) is 17.8 Å². The number of carboxylic acids is 1. The van der Waals surface area contributed by atoms with Crippen LogP contribution in [0.25, 0.3) is 0 Å². The van der Waals surface area contributed by atoms with E-state index in [2.05, 4.69) is 5.32 Å². The molecular formula is C13H18N2O3S. The van der Waals surface area contributed by atoms with E-state index in [0.29, 0.717) is 13.1 Å². The molecule has 5 nitrogen and oxygen atoms in total. The van der Waals surface area contributed by atoms with Crippen molar-refractivity contribution in [2.24, 2.45) is 5.92 Å². The van der Waals surface area contributed by atoms with Gasteiger partial charge in [-0.2, -0.15) is 0 Å². The predicted molar refractivity (Wildman–Crippen MR) is 73.2 cm³/mol. The van der Waals surface area contributed by atoms with Crippen molar-refractivity contribution in [1.29, 1.82) is 0 Å². The summed E-state index contributed by atoms with van der Waals surface area (Å²) in [6.45, 7) is 4.61. The lowest BCUT2D eigenvalue weighted by molar-refractivity contribution is -0.141. The van der Waals surface area contributed by atoms with Crippen molar-refractivity contribution in [3.05, 3.63) is 21.9 Å². The van der Waals surface area contributed by atoms with Crippen LogP contribution in [0.5, 0.6) is 0 Å². The second-order valence-corrected chi connectivity index (χ2v) is 5.91. The van der Waals surface area contributed by atoms with Crippen molar-refractivity contribution in [3.8, 4) is 0 Å². The van der Waals surface area contributed by atoms with Crippen LogP contribution >= 0.6 is 11.3 Å². The Morgan fingerprint density at radius 1 is 1.47 bits per heavy atom. The number of hydrogen-bond acceptors (Lipinski definition) is 3. The number of aliphatic carboxylic acids is 1. The number of urea groups is 1. The average molecular weight is 282 g/mol. The van der Waals surface area contributed by atoms with E-state index >= 15 is 0 Å². The molecule has 2 heterocycles. The minimum Gasteiger partial charge on any atom is -0.481 e. The summed E-state index contributed by atoms with van der Waals surface area (Å²) in [5, 5.41) is 13.7. The first-order valence-electron chi connectivity index (χ1n) is 6.32. The van der Waals surface area contributed by atoms with Crippen LogP contribution in [0.4, 0.5) is 4.79 Å². The molecule has 0 fully saturated rings. The second kappa shape index (κ2) is 5.61. The first kappa shape index (κ1) is 13.9. The molecule has 0 saturated heterocycles. The van der Waals surface area contributed by atoms with E-state index in [0.717, 1.165) is 6.42 Å². The van der Waals surface area contributed by atoms with Gasteiger partial charge >= 0.3 is 12.0 Å². The number of carbonyl (C=O) groups excluding carboxylic acids is 1. The Balaban J connectivity index is 1.93. The van der Waals surface area contributed by atoms with Gasteiger partial charge in [0, 0.05) is 24.0 Å². The Morgan fingerprint density at radius 2 is 2.21 bits per heavy atom. The molecule has 0 saturated carbocycles. The summed E-state index contributed by atoms with van der Waals surface area (Å²) in [5.74, 6) is -1.49. The van der Waals surface area contributed by atoms with Crippen molar-refractivity contribution in [1.82, 2.24) is 10.2 Å². The third-order valence-corrected chi connectivity index (χ3v) is 4.61. The molecule has 1 aliphatic heterocycles. The van der Waals surface area contributed by atoms with Gasteiger partial charge in [-0.05, 0) is 37.3 Å². The number of nitrogens with one attached hydrogen (secondary N) is 1. The predicted octanol–water partition coefficient (Wildman–Crippen LogP) is 1.93. The van der Waals surface area contributed by atoms with Gasteiger partial charge in [-0.15, -0.1) is 11.3 Å². The molecular weight excluding hydrogens is 264 g/mol. The summed E-state index contributed by atoms with van der Waals surface area (Å²) in [4.78, 5) is 26.0. The molecule has 2 unspecified atom stereocenters. The fourth-order valence-electron chi connectivity index (χ4n) is 2.05. The second-order valence-electron chi connectivity index (χ2n) is 4.91. The maximum absolute atomic E-state index is 12.1. The SMILES string of the molecule is CC(NC(=O)N1CCc2sccc2C1)C(C)C(=O)O. The van der Waals surface area contributed by atoms with Crippen LogP contribution in [0.1, 0.15) is 24.3 Å². The van der Waals surface area contributed by atoms with E-state index in [4.69, 9.17) is 5.11 Å². The van der Waals surface area contributed by atoms with E-state index in [1.807, 2.05) is 11.4 Å². The molecule has 0 aliphatic carbocycles. The fraction of sp³-hybridized carbons (Fsp3) is 0.538. The Labute approximate surface area is 116 Å². The van der Waals surface area contributed by atoms with Gasteiger partial charge in [0.1, 0.15) is 0 Å². The molecule has 0 bridgehead atoms. The number of nitrogens with zero attached hydrogens (tertiary/aromatic N) is 1. The number of hydrogen-bond donors (Lipinski definition) is 2. The third-order valence-electron chi connectivity index (χ3n) is 3.59. The smallest absolute Gasteiger partial charge is 0.317 e. The quantitative estimate of drug-likeness (QED) is 0.890. The van der Waals surface area contributed by atoms with Gasteiger partial charge in [0.2, 0.25) is 0 Å². The Kier molecular flexibility index (Phi) is 4.09. The molecule has 1 aromatic heterocycles. The monoisotopic (exact) mass is 282 g/mol. The van der Waals surface area contributed by atoms with E-state index < -0.39 is 11.9 Å². The minimum absolute atomic E-state index is 0.183. The topological polar surface area (TPSA) is 69.6 Å². The highest BCUT2D eigenvalue weighted by molar-refractivity contribution is 7.10. The van der Waals surface area contributed by atoms with Crippen molar-refractivity contribution in [3.63, 3.8) is 0 Å². The van der Waals surface area contributed by atoms with Crippen molar-refractivity contribution < 1.29 is 14.7 Å². The normalized spacial score (nSPS) is 17.5. The van der Waals surface area contributed by atoms with Crippen molar-refractivity contribution in [2.45, 2.75) is 32.9 Å². The largest absolute Gasteiger partial charge is 0.481 e. The molecule has 2 N–H and O–H groups in total. The molecule has 19 heavy (non-hydrogen) atoms.